The number of carbonyl (C=O) groups excluding carboxylic acids is 1. The Bertz CT molecular complexity index is 646. The zero-order chi connectivity index (χ0) is 13.7. The van der Waals surface area contributed by atoms with E-state index in [9.17, 15) is 13.2 Å². The van der Waals surface area contributed by atoms with Gasteiger partial charge in [-0.3, -0.25) is 4.79 Å². The molecule has 0 saturated carbocycles. The molecule has 0 unspecified atom stereocenters. The van der Waals surface area contributed by atoms with E-state index in [4.69, 9.17) is 0 Å². The Morgan fingerprint density at radius 3 is 1.95 bits per heavy atom. The van der Waals surface area contributed by atoms with Crippen LogP contribution in [0.25, 0.3) is 0 Å². The first-order valence-corrected chi connectivity index (χ1v) is 7.71. The lowest BCUT2D eigenvalue weighted by atomic mass is 10.2. The summed E-state index contributed by atoms with van der Waals surface area (Å²) in [6.07, 6.45) is 0. The second-order valence-electron chi connectivity index (χ2n) is 4.31. The number of carbonyl (C=O) groups is 1. The SMILES string of the molecule is O=C(CS(=O)(=O)Cc1ccccc1)c1ccccc1. The Hall–Kier alpha value is -1.94. The minimum atomic E-state index is -3.43. The van der Waals surface area contributed by atoms with E-state index in [1.54, 1.807) is 54.6 Å². The Kier molecular flexibility index (Phi) is 4.12. The van der Waals surface area contributed by atoms with Crippen molar-refractivity contribution in [1.82, 2.24) is 0 Å². The molecule has 0 aliphatic carbocycles. The summed E-state index contributed by atoms with van der Waals surface area (Å²) in [6.45, 7) is 0. The van der Waals surface area contributed by atoms with Crippen LogP contribution in [0.15, 0.2) is 60.7 Å². The third-order valence-electron chi connectivity index (χ3n) is 2.68. The highest BCUT2D eigenvalue weighted by Gasteiger charge is 2.18. The molecule has 3 nitrogen and oxygen atoms in total. The zero-order valence-corrected chi connectivity index (χ0v) is 11.1. The van der Waals surface area contributed by atoms with Gasteiger partial charge in [-0.1, -0.05) is 60.7 Å². The Morgan fingerprint density at radius 2 is 1.37 bits per heavy atom. The van der Waals surface area contributed by atoms with Crippen molar-refractivity contribution in [3.63, 3.8) is 0 Å². The summed E-state index contributed by atoms with van der Waals surface area (Å²) in [5, 5.41) is 0. The lowest BCUT2D eigenvalue weighted by molar-refractivity contribution is 0.102. The van der Waals surface area contributed by atoms with E-state index < -0.39 is 15.6 Å². The van der Waals surface area contributed by atoms with Crippen LogP contribution < -0.4 is 0 Å². The van der Waals surface area contributed by atoms with Crippen LogP contribution >= 0.6 is 0 Å². The van der Waals surface area contributed by atoms with Crippen molar-refractivity contribution in [2.45, 2.75) is 5.75 Å². The molecule has 98 valence electrons. The highest BCUT2D eigenvalue weighted by atomic mass is 32.2. The van der Waals surface area contributed by atoms with Crippen LogP contribution in [0.1, 0.15) is 15.9 Å². The molecule has 2 aromatic carbocycles. The molecule has 0 aliphatic heterocycles. The van der Waals surface area contributed by atoms with Gasteiger partial charge in [0.25, 0.3) is 0 Å². The average Bonchev–Trinajstić information content (AvgIpc) is 2.39. The maximum atomic E-state index is 12.0. The fourth-order valence-electron chi connectivity index (χ4n) is 1.79. The Labute approximate surface area is 112 Å². The van der Waals surface area contributed by atoms with Gasteiger partial charge in [-0.2, -0.15) is 0 Å². The molecule has 0 N–H and O–H groups in total. The lowest BCUT2D eigenvalue weighted by Gasteiger charge is -2.04. The van der Waals surface area contributed by atoms with E-state index in [-0.39, 0.29) is 11.5 Å². The first-order valence-electron chi connectivity index (χ1n) is 5.89. The largest absolute Gasteiger partial charge is 0.293 e. The van der Waals surface area contributed by atoms with E-state index in [2.05, 4.69) is 0 Å². The van der Waals surface area contributed by atoms with Gasteiger partial charge in [0.05, 0.1) is 5.75 Å². The summed E-state index contributed by atoms with van der Waals surface area (Å²) in [5.74, 6) is -0.922. The van der Waals surface area contributed by atoms with E-state index in [0.29, 0.717) is 11.1 Å². The quantitative estimate of drug-likeness (QED) is 0.787. The molecule has 0 saturated heterocycles. The van der Waals surface area contributed by atoms with Crippen LogP contribution in [-0.2, 0) is 15.6 Å². The van der Waals surface area contributed by atoms with Gasteiger partial charge in [-0.25, -0.2) is 8.42 Å². The molecule has 0 fully saturated rings. The van der Waals surface area contributed by atoms with Crippen LogP contribution in [0.5, 0.6) is 0 Å². The molecule has 0 radical (unpaired) electrons. The highest BCUT2D eigenvalue weighted by Crippen LogP contribution is 2.09. The van der Waals surface area contributed by atoms with Crippen LogP contribution in [0.3, 0.4) is 0 Å². The molecule has 0 heterocycles. The van der Waals surface area contributed by atoms with Gasteiger partial charge in [0, 0.05) is 5.56 Å². The minimum Gasteiger partial charge on any atom is -0.293 e. The van der Waals surface area contributed by atoms with Crippen LogP contribution in [0, 0.1) is 0 Å². The van der Waals surface area contributed by atoms with Gasteiger partial charge in [0.1, 0.15) is 5.75 Å². The first kappa shape index (κ1) is 13.5. The molecule has 0 aliphatic rings. The molecule has 2 aromatic rings. The second kappa shape index (κ2) is 5.80. The summed E-state index contributed by atoms with van der Waals surface area (Å²) < 4.78 is 23.9. The zero-order valence-electron chi connectivity index (χ0n) is 10.3. The summed E-state index contributed by atoms with van der Waals surface area (Å²) in [7, 11) is -3.43. The van der Waals surface area contributed by atoms with Crippen LogP contribution in [0.2, 0.25) is 0 Å². The predicted octanol–water partition coefficient (Wildman–Crippen LogP) is 2.48. The Morgan fingerprint density at radius 1 is 0.842 bits per heavy atom. The van der Waals surface area contributed by atoms with Gasteiger partial charge in [-0.05, 0) is 5.56 Å². The minimum absolute atomic E-state index is 0.105. The molecule has 0 amide bonds. The maximum Gasteiger partial charge on any atom is 0.177 e. The highest BCUT2D eigenvalue weighted by molar-refractivity contribution is 7.91. The third-order valence-corrected chi connectivity index (χ3v) is 4.15. The molecule has 2 rings (SSSR count). The Balaban J connectivity index is 2.08. The third kappa shape index (κ3) is 4.03. The average molecular weight is 274 g/mol. The van der Waals surface area contributed by atoms with E-state index in [0.717, 1.165) is 0 Å². The number of ketones is 1. The van der Waals surface area contributed by atoms with Crippen molar-refractivity contribution < 1.29 is 13.2 Å². The summed E-state index contributed by atoms with van der Waals surface area (Å²) in [6, 6.07) is 17.3. The lowest BCUT2D eigenvalue weighted by Crippen LogP contribution is -2.17. The molecule has 0 bridgehead atoms. The number of rotatable bonds is 5. The number of benzene rings is 2. The van der Waals surface area contributed by atoms with Gasteiger partial charge >= 0.3 is 0 Å². The van der Waals surface area contributed by atoms with Crippen molar-refractivity contribution in [2.75, 3.05) is 5.75 Å². The van der Waals surface area contributed by atoms with Gasteiger partial charge in [-0.15, -0.1) is 0 Å². The van der Waals surface area contributed by atoms with Crippen molar-refractivity contribution in [2.24, 2.45) is 0 Å². The topological polar surface area (TPSA) is 51.2 Å². The number of Topliss-reactive ketones (excluding diaryl/α,β-unsaturated/α-hetero) is 1. The molecular formula is C15H14O3S. The molecule has 4 heteroatoms. The molecule has 0 atom stereocenters. The number of hydrogen-bond acceptors (Lipinski definition) is 3. The summed E-state index contributed by atoms with van der Waals surface area (Å²) in [5.41, 5.74) is 1.13. The maximum absolute atomic E-state index is 12.0. The molecule has 0 aromatic heterocycles. The molecule has 19 heavy (non-hydrogen) atoms. The van der Waals surface area contributed by atoms with E-state index in [1.165, 1.54) is 0 Å². The van der Waals surface area contributed by atoms with Crippen molar-refractivity contribution in [3.05, 3.63) is 71.8 Å². The molecular weight excluding hydrogens is 260 g/mol. The van der Waals surface area contributed by atoms with Gasteiger partial charge < -0.3 is 0 Å². The van der Waals surface area contributed by atoms with Gasteiger partial charge in [0.15, 0.2) is 15.6 Å². The van der Waals surface area contributed by atoms with Crippen molar-refractivity contribution in [1.29, 1.82) is 0 Å². The smallest absolute Gasteiger partial charge is 0.177 e. The summed E-state index contributed by atoms with van der Waals surface area (Å²) >= 11 is 0. The second-order valence-corrected chi connectivity index (χ2v) is 6.37. The monoisotopic (exact) mass is 274 g/mol. The normalized spacial score (nSPS) is 11.2. The molecule has 0 spiro atoms. The standard InChI is InChI=1S/C15H14O3S/c16-15(14-9-5-2-6-10-14)12-19(17,18)11-13-7-3-1-4-8-13/h1-10H,11-12H2. The van der Waals surface area contributed by atoms with E-state index in [1.807, 2.05) is 6.07 Å². The van der Waals surface area contributed by atoms with Crippen LogP contribution in [-0.4, -0.2) is 20.0 Å². The predicted molar refractivity (Wildman–Crippen MR) is 74.7 cm³/mol. The number of sulfone groups is 1. The van der Waals surface area contributed by atoms with Crippen molar-refractivity contribution >= 4 is 15.6 Å². The van der Waals surface area contributed by atoms with Crippen molar-refractivity contribution in [3.8, 4) is 0 Å². The first-order chi connectivity index (χ1) is 9.07. The number of hydrogen-bond donors (Lipinski definition) is 0. The summed E-state index contributed by atoms with van der Waals surface area (Å²) in [4.78, 5) is 11.9. The van der Waals surface area contributed by atoms with E-state index >= 15 is 0 Å². The van der Waals surface area contributed by atoms with Gasteiger partial charge in [0.2, 0.25) is 0 Å². The fourth-order valence-corrected chi connectivity index (χ4v) is 3.15. The fraction of sp³-hybridized carbons (Fsp3) is 0.133. The van der Waals surface area contributed by atoms with Crippen LogP contribution in [0.4, 0.5) is 0 Å².